The Morgan fingerprint density at radius 1 is 1.41 bits per heavy atom. The third kappa shape index (κ3) is 6.29. The predicted octanol–water partition coefficient (Wildman–Crippen LogP) is 2.52. The molecule has 0 amide bonds. The van der Waals surface area contributed by atoms with Gasteiger partial charge in [-0.05, 0) is 25.0 Å². The lowest BCUT2D eigenvalue weighted by Crippen LogP contribution is -2.34. The van der Waals surface area contributed by atoms with Gasteiger partial charge in [0.25, 0.3) is 0 Å². The topological polar surface area (TPSA) is 44.8 Å². The van der Waals surface area contributed by atoms with E-state index < -0.39 is 5.41 Å². The molecule has 0 N–H and O–H groups in total. The molecule has 0 aromatic rings. The SMILES string of the molecule is CCSCC(C)(CC(C)COOC)C(=O)OC. The molecule has 0 aromatic carbocycles. The molecule has 0 rings (SSSR count). The van der Waals surface area contributed by atoms with Crippen LogP contribution in [0.15, 0.2) is 0 Å². The Morgan fingerprint density at radius 3 is 2.53 bits per heavy atom. The van der Waals surface area contributed by atoms with Crippen LogP contribution in [0, 0.1) is 11.3 Å². The van der Waals surface area contributed by atoms with Gasteiger partial charge in [0.2, 0.25) is 0 Å². The fourth-order valence-corrected chi connectivity index (χ4v) is 2.68. The maximum Gasteiger partial charge on any atom is 0.312 e. The van der Waals surface area contributed by atoms with Crippen molar-refractivity contribution in [2.24, 2.45) is 11.3 Å². The molecule has 2 atom stereocenters. The Morgan fingerprint density at radius 2 is 2.06 bits per heavy atom. The average Bonchev–Trinajstić information content (AvgIpc) is 2.32. The molecule has 0 radical (unpaired) electrons. The van der Waals surface area contributed by atoms with Gasteiger partial charge >= 0.3 is 5.97 Å². The van der Waals surface area contributed by atoms with Crippen LogP contribution < -0.4 is 0 Å². The van der Waals surface area contributed by atoms with E-state index in [-0.39, 0.29) is 11.9 Å². The quantitative estimate of drug-likeness (QED) is 0.364. The van der Waals surface area contributed by atoms with E-state index in [2.05, 4.69) is 11.8 Å². The van der Waals surface area contributed by atoms with Crippen molar-refractivity contribution in [3.05, 3.63) is 0 Å². The highest BCUT2D eigenvalue weighted by molar-refractivity contribution is 7.99. The standard InChI is InChI=1S/C12H24O4S/c1-6-17-9-12(3,11(13)14-4)7-10(2)8-16-15-5/h10H,6-9H2,1-5H3. The van der Waals surface area contributed by atoms with Crippen LogP contribution in [-0.4, -0.2) is 38.3 Å². The maximum atomic E-state index is 11.8. The van der Waals surface area contributed by atoms with Gasteiger partial charge in [0.05, 0.1) is 26.2 Å². The van der Waals surface area contributed by atoms with Crippen molar-refractivity contribution < 1.29 is 19.3 Å². The van der Waals surface area contributed by atoms with Gasteiger partial charge in [-0.2, -0.15) is 11.8 Å². The van der Waals surface area contributed by atoms with Crippen molar-refractivity contribution in [1.82, 2.24) is 0 Å². The highest BCUT2D eigenvalue weighted by atomic mass is 32.2. The van der Waals surface area contributed by atoms with Gasteiger partial charge in [0.15, 0.2) is 0 Å². The summed E-state index contributed by atoms with van der Waals surface area (Å²) in [6.45, 7) is 6.56. The zero-order chi connectivity index (χ0) is 13.3. The van der Waals surface area contributed by atoms with Crippen molar-refractivity contribution in [3.8, 4) is 0 Å². The van der Waals surface area contributed by atoms with Crippen LogP contribution in [0.5, 0.6) is 0 Å². The Hall–Kier alpha value is -0.260. The molecule has 0 fully saturated rings. The number of ether oxygens (including phenoxy) is 1. The minimum atomic E-state index is -0.452. The number of methoxy groups -OCH3 is 1. The highest BCUT2D eigenvalue weighted by Gasteiger charge is 2.35. The highest BCUT2D eigenvalue weighted by Crippen LogP contribution is 2.31. The molecule has 2 unspecified atom stereocenters. The smallest absolute Gasteiger partial charge is 0.312 e. The number of rotatable bonds is 9. The average molecular weight is 264 g/mol. The van der Waals surface area contributed by atoms with E-state index >= 15 is 0 Å². The first-order chi connectivity index (χ1) is 8.00. The van der Waals surface area contributed by atoms with Gasteiger partial charge < -0.3 is 4.74 Å². The molecule has 17 heavy (non-hydrogen) atoms. The minimum absolute atomic E-state index is 0.150. The lowest BCUT2D eigenvalue weighted by Gasteiger charge is -2.28. The number of esters is 1. The van der Waals surface area contributed by atoms with Gasteiger partial charge in [0.1, 0.15) is 0 Å². The molecule has 0 bridgehead atoms. The second-order valence-corrected chi connectivity index (χ2v) is 5.72. The summed E-state index contributed by atoms with van der Waals surface area (Å²) in [6.07, 6.45) is 0.732. The molecular weight excluding hydrogens is 240 g/mol. The van der Waals surface area contributed by atoms with E-state index in [9.17, 15) is 4.79 Å². The van der Waals surface area contributed by atoms with Gasteiger partial charge in [-0.15, -0.1) is 0 Å². The van der Waals surface area contributed by atoms with Gasteiger partial charge in [-0.25, -0.2) is 9.78 Å². The van der Waals surface area contributed by atoms with E-state index in [1.54, 1.807) is 11.8 Å². The second kappa shape index (κ2) is 8.78. The molecule has 0 heterocycles. The van der Waals surface area contributed by atoms with E-state index in [0.29, 0.717) is 6.61 Å². The first kappa shape index (κ1) is 16.7. The third-order valence-corrected chi connectivity index (χ3v) is 3.82. The van der Waals surface area contributed by atoms with Crippen LogP contribution in [0.1, 0.15) is 27.2 Å². The Balaban J connectivity index is 4.41. The predicted molar refractivity (Wildman–Crippen MR) is 69.9 cm³/mol. The summed E-state index contributed by atoms with van der Waals surface area (Å²) in [5.74, 6) is 1.86. The summed E-state index contributed by atoms with van der Waals surface area (Å²) < 4.78 is 4.89. The van der Waals surface area contributed by atoms with Crippen LogP contribution in [0.4, 0.5) is 0 Å². The summed E-state index contributed by atoms with van der Waals surface area (Å²) in [5, 5.41) is 0. The van der Waals surface area contributed by atoms with Crippen molar-refractivity contribution in [1.29, 1.82) is 0 Å². The normalized spacial score (nSPS) is 16.3. The van der Waals surface area contributed by atoms with Crippen molar-refractivity contribution in [2.75, 3.05) is 32.3 Å². The zero-order valence-corrected chi connectivity index (χ0v) is 12.3. The molecule has 0 aliphatic rings. The van der Waals surface area contributed by atoms with Gasteiger partial charge in [0, 0.05) is 5.75 Å². The van der Waals surface area contributed by atoms with Crippen LogP contribution in [0.25, 0.3) is 0 Å². The molecule has 0 saturated carbocycles. The monoisotopic (exact) mass is 264 g/mol. The zero-order valence-electron chi connectivity index (χ0n) is 11.4. The third-order valence-electron chi connectivity index (χ3n) is 2.57. The number of carbonyl (C=O) groups is 1. The lowest BCUT2D eigenvalue weighted by atomic mass is 9.83. The first-order valence-corrected chi connectivity index (χ1v) is 6.97. The fourth-order valence-electron chi connectivity index (χ4n) is 1.79. The van der Waals surface area contributed by atoms with Crippen LogP contribution in [-0.2, 0) is 19.3 Å². The summed E-state index contributed by atoms with van der Waals surface area (Å²) >= 11 is 1.75. The molecule has 0 saturated heterocycles. The molecule has 0 spiro atoms. The molecule has 0 aromatic heterocycles. The Labute approximate surface area is 108 Å². The molecular formula is C12H24O4S. The summed E-state index contributed by atoms with van der Waals surface area (Å²) in [5.41, 5.74) is -0.452. The van der Waals surface area contributed by atoms with E-state index in [1.165, 1.54) is 14.2 Å². The van der Waals surface area contributed by atoms with Crippen molar-refractivity contribution >= 4 is 17.7 Å². The number of hydrogen-bond donors (Lipinski definition) is 0. The van der Waals surface area contributed by atoms with Gasteiger partial charge in [-0.1, -0.05) is 13.8 Å². The van der Waals surface area contributed by atoms with E-state index in [1.807, 2.05) is 13.8 Å². The molecule has 102 valence electrons. The maximum absolute atomic E-state index is 11.8. The molecule has 0 aliphatic carbocycles. The van der Waals surface area contributed by atoms with Gasteiger partial charge in [-0.3, -0.25) is 4.79 Å². The molecule has 4 nitrogen and oxygen atoms in total. The fraction of sp³-hybridized carbons (Fsp3) is 0.917. The summed E-state index contributed by atoms with van der Waals surface area (Å²) in [6, 6.07) is 0. The van der Waals surface area contributed by atoms with E-state index in [4.69, 9.17) is 9.62 Å². The number of hydrogen-bond acceptors (Lipinski definition) is 5. The van der Waals surface area contributed by atoms with Crippen molar-refractivity contribution in [3.63, 3.8) is 0 Å². The van der Waals surface area contributed by atoms with Crippen LogP contribution in [0.3, 0.4) is 0 Å². The minimum Gasteiger partial charge on any atom is -0.469 e. The second-order valence-electron chi connectivity index (χ2n) is 4.45. The molecule has 5 heteroatoms. The largest absolute Gasteiger partial charge is 0.469 e. The Kier molecular flexibility index (Phi) is 8.64. The van der Waals surface area contributed by atoms with Crippen LogP contribution in [0.2, 0.25) is 0 Å². The Bertz CT molecular complexity index is 223. The molecule has 0 aliphatic heterocycles. The first-order valence-electron chi connectivity index (χ1n) is 5.82. The van der Waals surface area contributed by atoms with Crippen molar-refractivity contribution in [2.45, 2.75) is 27.2 Å². The number of carbonyl (C=O) groups excluding carboxylic acids is 1. The summed E-state index contributed by atoms with van der Waals surface area (Å²) in [4.78, 5) is 21.3. The summed E-state index contributed by atoms with van der Waals surface area (Å²) in [7, 11) is 2.92. The van der Waals surface area contributed by atoms with Crippen LogP contribution >= 0.6 is 11.8 Å². The number of thioether (sulfide) groups is 1. The van der Waals surface area contributed by atoms with E-state index in [0.717, 1.165) is 17.9 Å². The lowest BCUT2D eigenvalue weighted by molar-refractivity contribution is -0.280.